The number of nitrogens with zero attached hydrogens (tertiary/aromatic N) is 5. The number of aryl methyl sites for hydroxylation is 1. The van der Waals surface area contributed by atoms with Crippen LogP contribution in [0.4, 0.5) is 11.5 Å². The van der Waals surface area contributed by atoms with Crippen LogP contribution in [0.15, 0.2) is 30.5 Å². The number of hydrogen-bond donors (Lipinski definition) is 2. The van der Waals surface area contributed by atoms with E-state index < -0.39 is 10.0 Å². The zero-order valence-electron chi connectivity index (χ0n) is 21.0. The molecule has 3 unspecified atom stereocenters. The van der Waals surface area contributed by atoms with E-state index in [0.717, 1.165) is 42.6 Å². The Bertz CT molecular complexity index is 1480. The molecule has 0 bridgehead atoms. The number of sulfonamides is 1. The number of rotatable bonds is 6. The lowest BCUT2D eigenvalue weighted by molar-refractivity contribution is 0.0607. The average Bonchev–Trinajstić information content (AvgIpc) is 3.45. The highest BCUT2D eigenvalue weighted by atomic mass is 127. The van der Waals surface area contributed by atoms with Gasteiger partial charge in [0.1, 0.15) is 34.9 Å². The summed E-state index contributed by atoms with van der Waals surface area (Å²) in [7, 11) is -3.59. The summed E-state index contributed by atoms with van der Waals surface area (Å²) >= 11 is 8.09. The number of nitrogens with one attached hydrogen (secondary N) is 1. The van der Waals surface area contributed by atoms with Gasteiger partial charge >= 0.3 is 0 Å². The number of aromatic nitrogens is 3. The van der Waals surface area contributed by atoms with E-state index in [2.05, 4.69) is 9.62 Å². The van der Waals surface area contributed by atoms with Crippen LogP contribution in [0.3, 0.4) is 0 Å². The summed E-state index contributed by atoms with van der Waals surface area (Å²) in [5.74, 6) is 0.531. The first-order valence-corrected chi connectivity index (χ1v) is 15.4. The lowest BCUT2D eigenvalue weighted by Crippen LogP contribution is -2.39. The van der Waals surface area contributed by atoms with E-state index in [1.54, 1.807) is 15.5 Å². The lowest BCUT2D eigenvalue weighted by atomic mass is 9.98. The Balaban J connectivity index is 1.47. The van der Waals surface area contributed by atoms with Gasteiger partial charge in [-0.25, -0.2) is 17.9 Å². The van der Waals surface area contributed by atoms with Crippen molar-refractivity contribution in [1.29, 1.82) is 0 Å². The minimum atomic E-state index is -3.59. The number of piperidine rings is 1. The van der Waals surface area contributed by atoms with Crippen molar-refractivity contribution < 1.29 is 16.3 Å². The van der Waals surface area contributed by atoms with Crippen molar-refractivity contribution in [2.24, 2.45) is 5.73 Å². The number of benzene rings is 1. The highest BCUT2D eigenvalue weighted by molar-refractivity contribution is 14.1. The number of fused-ring (bicyclic) bond motifs is 1. The quantitative estimate of drug-likeness (QED) is 0.381. The molecule has 1 aromatic carbocycles. The molecule has 2 aromatic heterocycles. The molecular formula is C24H29ClIN7O4S. The smallest absolute Gasteiger partial charge is 0.256 e. The number of carbonyl (C=O) groups is 1. The van der Waals surface area contributed by atoms with Gasteiger partial charge in [-0.3, -0.25) is 9.52 Å². The second-order valence-electron chi connectivity index (χ2n) is 9.89. The molecule has 2 saturated heterocycles. The van der Waals surface area contributed by atoms with Crippen LogP contribution in [0.2, 0.25) is 5.02 Å². The maximum absolute atomic E-state index is 13.8. The number of likely N-dealkylation sites (tertiary alicyclic amines) is 1. The minimum absolute atomic E-state index is 0.0659. The molecule has 0 aliphatic carbocycles. The molecule has 1 amide bonds. The van der Waals surface area contributed by atoms with Gasteiger partial charge in [0.15, 0.2) is 5.65 Å². The van der Waals surface area contributed by atoms with E-state index in [9.17, 15) is 13.2 Å². The SMILES string of the molecule is Cc1cn2nc(C3CCCCN3C(=O)c3cc(Cl)ccc3NS(C)(=O)=O)cc2nc1N1CC(N)C(OI)C1. The Hall–Kier alpha value is -2.20. The standard InChI is InChI=1S/C24H29ClIN7O4S/c1-14-11-33-22(28-23(14)31-12-17(27)21(13-31)37-26)10-19(29-33)20-5-3-4-8-32(20)24(34)16-9-15(25)6-7-18(16)30-38(2,35)36/h6-7,9-11,17,20-21,30H,3-5,8,12-13,27H2,1-2H3. The van der Waals surface area contributed by atoms with Crippen LogP contribution in [-0.4, -0.2) is 71.9 Å². The molecule has 0 saturated carbocycles. The average molecular weight is 674 g/mol. The Kier molecular flexibility index (Phi) is 7.75. The molecule has 4 heterocycles. The molecule has 3 aromatic rings. The third-order valence-corrected chi connectivity index (χ3v) is 8.44. The molecule has 2 fully saturated rings. The molecule has 2 aliphatic rings. The molecule has 11 nitrogen and oxygen atoms in total. The van der Waals surface area contributed by atoms with Crippen molar-refractivity contribution in [3.8, 4) is 0 Å². The minimum Gasteiger partial charge on any atom is -0.352 e. The first kappa shape index (κ1) is 27.4. The summed E-state index contributed by atoms with van der Waals surface area (Å²) < 4.78 is 33.5. The zero-order valence-corrected chi connectivity index (χ0v) is 24.7. The molecule has 38 heavy (non-hydrogen) atoms. The Labute approximate surface area is 240 Å². The van der Waals surface area contributed by atoms with E-state index in [1.807, 2.05) is 42.2 Å². The summed E-state index contributed by atoms with van der Waals surface area (Å²) in [5, 5.41) is 5.14. The number of anilines is 2. The largest absolute Gasteiger partial charge is 0.352 e. The fourth-order valence-electron chi connectivity index (χ4n) is 5.19. The van der Waals surface area contributed by atoms with E-state index in [1.165, 1.54) is 12.1 Å². The fraction of sp³-hybridized carbons (Fsp3) is 0.458. The molecule has 3 atom stereocenters. The van der Waals surface area contributed by atoms with Gasteiger partial charge in [0.2, 0.25) is 10.0 Å². The van der Waals surface area contributed by atoms with Gasteiger partial charge < -0.3 is 18.6 Å². The summed E-state index contributed by atoms with van der Waals surface area (Å²) in [6.45, 7) is 3.80. The predicted molar refractivity (Wildman–Crippen MR) is 154 cm³/mol. The van der Waals surface area contributed by atoms with Crippen LogP contribution in [0, 0.1) is 6.92 Å². The molecule has 14 heteroatoms. The second kappa shape index (κ2) is 10.8. The maximum atomic E-state index is 13.8. The topological polar surface area (TPSA) is 135 Å². The number of halogens is 2. The summed E-state index contributed by atoms with van der Waals surface area (Å²) in [6.07, 6.45) is 5.42. The third kappa shape index (κ3) is 5.57. The fourth-order valence-corrected chi connectivity index (χ4v) is 6.48. The van der Waals surface area contributed by atoms with Gasteiger partial charge in [0, 0.05) is 42.5 Å². The van der Waals surface area contributed by atoms with Crippen LogP contribution in [0.1, 0.15) is 46.9 Å². The molecule has 204 valence electrons. The van der Waals surface area contributed by atoms with Gasteiger partial charge in [0.25, 0.3) is 5.91 Å². The zero-order chi connectivity index (χ0) is 27.2. The van der Waals surface area contributed by atoms with Gasteiger partial charge in [-0.2, -0.15) is 5.10 Å². The van der Waals surface area contributed by atoms with Crippen molar-refractivity contribution >= 4 is 67.7 Å². The van der Waals surface area contributed by atoms with Gasteiger partial charge in [-0.05, 0) is 44.4 Å². The van der Waals surface area contributed by atoms with E-state index in [4.69, 9.17) is 30.5 Å². The molecule has 5 rings (SSSR count). The molecule has 0 spiro atoms. The monoisotopic (exact) mass is 673 g/mol. The van der Waals surface area contributed by atoms with Gasteiger partial charge in [0.05, 0.1) is 35.3 Å². The lowest BCUT2D eigenvalue weighted by Gasteiger charge is -2.35. The number of nitrogens with two attached hydrogens (primary N) is 1. The van der Waals surface area contributed by atoms with Crippen LogP contribution in [-0.2, 0) is 13.1 Å². The number of amides is 1. The normalized spacial score (nSPS) is 22.3. The molecular weight excluding hydrogens is 645 g/mol. The summed E-state index contributed by atoms with van der Waals surface area (Å²) in [6, 6.07) is 6.08. The molecule has 2 aliphatic heterocycles. The van der Waals surface area contributed by atoms with Crippen molar-refractivity contribution in [2.75, 3.05) is 35.5 Å². The van der Waals surface area contributed by atoms with Crippen molar-refractivity contribution in [1.82, 2.24) is 19.5 Å². The third-order valence-electron chi connectivity index (χ3n) is 6.96. The molecule has 0 radical (unpaired) electrons. The Morgan fingerprint density at radius 2 is 2.05 bits per heavy atom. The van der Waals surface area contributed by atoms with Crippen molar-refractivity contribution in [2.45, 2.75) is 44.4 Å². The predicted octanol–water partition coefficient (Wildman–Crippen LogP) is 3.31. The first-order chi connectivity index (χ1) is 18.0. The summed E-state index contributed by atoms with van der Waals surface area (Å²) in [5.41, 5.74) is 8.99. The van der Waals surface area contributed by atoms with E-state index >= 15 is 0 Å². The van der Waals surface area contributed by atoms with Crippen LogP contribution < -0.4 is 15.4 Å². The highest BCUT2D eigenvalue weighted by Crippen LogP contribution is 2.34. The number of hydrogen-bond acceptors (Lipinski definition) is 8. The van der Waals surface area contributed by atoms with Crippen molar-refractivity contribution in [3.05, 3.63) is 52.3 Å². The highest BCUT2D eigenvalue weighted by Gasteiger charge is 2.34. The van der Waals surface area contributed by atoms with Crippen LogP contribution >= 0.6 is 34.6 Å². The maximum Gasteiger partial charge on any atom is 0.256 e. The summed E-state index contributed by atoms with van der Waals surface area (Å²) in [4.78, 5) is 22.5. The Morgan fingerprint density at radius 3 is 2.76 bits per heavy atom. The second-order valence-corrected chi connectivity index (χ2v) is 12.6. The molecule has 3 N–H and O–H groups in total. The van der Waals surface area contributed by atoms with Gasteiger partial charge in [-0.15, -0.1) is 0 Å². The van der Waals surface area contributed by atoms with Crippen LogP contribution in [0.25, 0.3) is 5.65 Å². The van der Waals surface area contributed by atoms with Crippen molar-refractivity contribution in [3.63, 3.8) is 0 Å². The van der Waals surface area contributed by atoms with Crippen LogP contribution in [0.5, 0.6) is 0 Å². The Morgan fingerprint density at radius 1 is 1.26 bits per heavy atom. The number of carbonyl (C=O) groups excluding carboxylic acids is 1. The van der Waals surface area contributed by atoms with Gasteiger partial charge in [-0.1, -0.05) is 11.6 Å². The van der Waals surface area contributed by atoms with E-state index in [0.29, 0.717) is 30.3 Å². The first-order valence-electron chi connectivity index (χ1n) is 12.3. The van der Waals surface area contributed by atoms with E-state index in [-0.39, 0.29) is 35.3 Å².